The number of nitrogens with one attached hydrogen (secondary N) is 1. The van der Waals surface area contributed by atoms with Crippen LogP contribution in [0.3, 0.4) is 0 Å². The van der Waals surface area contributed by atoms with E-state index in [4.69, 9.17) is 16.3 Å². The first-order valence-electron chi connectivity index (χ1n) is 5.19. The van der Waals surface area contributed by atoms with Gasteiger partial charge in [-0.05, 0) is 25.1 Å². The third-order valence-electron chi connectivity index (χ3n) is 1.91. The van der Waals surface area contributed by atoms with Crippen LogP contribution >= 0.6 is 11.6 Å². The van der Waals surface area contributed by atoms with Gasteiger partial charge in [-0.25, -0.2) is 4.79 Å². The zero-order valence-corrected chi connectivity index (χ0v) is 10.2. The molecule has 0 radical (unpaired) electrons. The Hall–Kier alpha value is -1.68. The number of aromatic hydroxyl groups is 1. The lowest BCUT2D eigenvalue weighted by molar-refractivity contribution is -0.137. The molecule has 0 fully saturated rings. The van der Waals surface area contributed by atoms with Crippen molar-refractivity contribution in [3.63, 3.8) is 0 Å². The first-order valence-corrected chi connectivity index (χ1v) is 5.57. The molecule has 0 saturated heterocycles. The third kappa shape index (κ3) is 4.78. The topological polar surface area (TPSA) is 58.6 Å². The number of carbonyl (C=O) groups excluding carboxylic acids is 1. The fourth-order valence-corrected chi connectivity index (χ4v) is 1.34. The fourth-order valence-electron chi connectivity index (χ4n) is 1.16. The van der Waals surface area contributed by atoms with Crippen LogP contribution in [0.4, 0.5) is 5.69 Å². The zero-order chi connectivity index (χ0) is 12.7. The van der Waals surface area contributed by atoms with Gasteiger partial charge in [0.15, 0.2) is 0 Å². The van der Waals surface area contributed by atoms with Crippen LogP contribution in [0, 0.1) is 0 Å². The van der Waals surface area contributed by atoms with E-state index in [9.17, 15) is 9.90 Å². The molecule has 0 atom stereocenters. The summed E-state index contributed by atoms with van der Waals surface area (Å²) in [6.45, 7) is 2.49. The summed E-state index contributed by atoms with van der Waals surface area (Å²) in [5.41, 5.74) is 0.519. The number of phenolic OH excluding ortho intramolecular Hbond substituents is 1. The molecule has 1 rings (SSSR count). The van der Waals surface area contributed by atoms with Crippen LogP contribution in [0.2, 0.25) is 5.02 Å². The second-order valence-electron chi connectivity index (χ2n) is 3.20. The van der Waals surface area contributed by atoms with E-state index in [0.717, 1.165) is 0 Å². The molecule has 0 unspecified atom stereocenters. The number of carbonyl (C=O) groups is 1. The van der Waals surface area contributed by atoms with Crippen molar-refractivity contribution < 1.29 is 14.6 Å². The summed E-state index contributed by atoms with van der Waals surface area (Å²) in [4.78, 5) is 11.0. The largest absolute Gasteiger partial charge is 0.506 e. The molecule has 1 aromatic rings. The van der Waals surface area contributed by atoms with E-state index in [-0.39, 0.29) is 11.7 Å². The van der Waals surface area contributed by atoms with E-state index in [1.54, 1.807) is 25.1 Å². The Balaban J connectivity index is 2.45. The zero-order valence-electron chi connectivity index (χ0n) is 9.44. The van der Waals surface area contributed by atoms with Gasteiger partial charge in [0.05, 0.1) is 12.3 Å². The number of anilines is 1. The van der Waals surface area contributed by atoms with Crippen molar-refractivity contribution in [3.05, 3.63) is 35.4 Å². The molecular weight excluding hydrogens is 242 g/mol. The molecule has 0 aliphatic carbocycles. The maximum atomic E-state index is 11.0. The predicted octanol–water partition coefficient (Wildman–Crippen LogP) is 2.58. The van der Waals surface area contributed by atoms with Crippen molar-refractivity contribution in [2.75, 3.05) is 18.5 Å². The number of halogens is 1. The molecule has 0 saturated carbocycles. The SMILES string of the molecule is CCOC(=O)C=CCNc1cc(Cl)ccc1O. The van der Waals surface area contributed by atoms with E-state index in [0.29, 0.717) is 23.9 Å². The quantitative estimate of drug-likeness (QED) is 0.482. The lowest BCUT2D eigenvalue weighted by Crippen LogP contribution is -2.02. The minimum absolute atomic E-state index is 0.110. The van der Waals surface area contributed by atoms with Crippen LogP contribution < -0.4 is 5.32 Å². The number of hydrogen-bond acceptors (Lipinski definition) is 4. The molecule has 0 amide bonds. The minimum atomic E-state index is -0.385. The van der Waals surface area contributed by atoms with Gasteiger partial charge >= 0.3 is 5.97 Å². The summed E-state index contributed by atoms with van der Waals surface area (Å²) in [5.74, 6) is -0.274. The average molecular weight is 256 g/mol. The minimum Gasteiger partial charge on any atom is -0.506 e. The molecule has 0 bridgehead atoms. The summed E-state index contributed by atoms with van der Waals surface area (Å²) in [7, 11) is 0. The smallest absolute Gasteiger partial charge is 0.330 e. The van der Waals surface area contributed by atoms with E-state index >= 15 is 0 Å². The molecule has 4 nitrogen and oxygen atoms in total. The first-order chi connectivity index (χ1) is 8.13. The normalized spacial score (nSPS) is 10.5. The standard InChI is InChI=1S/C12H14ClNO3/c1-2-17-12(16)4-3-7-14-10-8-9(13)5-6-11(10)15/h3-6,8,14-15H,2,7H2,1H3. The summed E-state index contributed by atoms with van der Waals surface area (Å²) in [5, 5.41) is 12.9. The number of ether oxygens (including phenoxy) is 1. The molecule has 2 N–H and O–H groups in total. The Labute approximate surface area is 105 Å². The lowest BCUT2D eigenvalue weighted by Gasteiger charge is -2.06. The van der Waals surface area contributed by atoms with Crippen molar-refractivity contribution in [2.45, 2.75) is 6.92 Å². The second-order valence-corrected chi connectivity index (χ2v) is 3.63. The maximum Gasteiger partial charge on any atom is 0.330 e. The Kier molecular flexibility index (Phi) is 5.36. The van der Waals surface area contributed by atoms with Crippen molar-refractivity contribution in [1.29, 1.82) is 0 Å². The molecule has 92 valence electrons. The van der Waals surface area contributed by atoms with E-state index in [1.807, 2.05) is 0 Å². The molecule has 1 aromatic carbocycles. The van der Waals surface area contributed by atoms with Crippen LogP contribution in [-0.2, 0) is 9.53 Å². The molecule has 5 heteroatoms. The fraction of sp³-hybridized carbons (Fsp3) is 0.250. The number of benzene rings is 1. The van der Waals surface area contributed by atoms with Crippen LogP contribution in [0.1, 0.15) is 6.92 Å². The highest BCUT2D eigenvalue weighted by atomic mass is 35.5. The van der Waals surface area contributed by atoms with Gasteiger partial charge < -0.3 is 15.2 Å². The number of hydrogen-bond donors (Lipinski definition) is 2. The molecule has 0 aliphatic rings. The van der Waals surface area contributed by atoms with Crippen LogP contribution in [0.15, 0.2) is 30.4 Å². The highest BCUT2D eigenvalue weighted by Gasteiger charge is 2.00. The van der Waals surface area contributed by atoms with E-state index in [2.05, 4.69) is 5.32 Å². The second kappa shape index (κ2) is 6.81. The summed E-state index contributed by atoms with van der Waals surface area (Å²) in [6, 6.07) is 4.70. The molecule has 0 aliphatic heterocycles. The molecule has 17 heavy (non-hydrogen) atoms. The lowest BCUT2D eigenvalue weighted by atomic mass is 10.3. The summed E-state index contributed by atoms with van der Waals surface area (Å²) >= 11 is 5.78. The average Bonchev–Trinajstić information content (AvgIpc) is 2.29. The van der Waals surface area contributed by atoms with Crippen molar-refractivity contribution in [2.24, 2.45) is 0 Å². The number of rotatable bonds is 5. The number of esters is 1. The van der Waals surface area contributed by atoms with Crippen molar-refractivity contribution >= 4 is 23.3 Å². The van der Waals surface area contributed by atoms with Crippen molar-refractivity contribution in [3.8, 4) is 5.75 Å². The van der Waals surface area contributed by atoms with Crippen LogP contribution in [-0.4, -0.2) is 24.2 Å². The summed E-state index contributed by atoms with van der Waals surface area (Å²) < 4.78 is 4.71. The Bertz CT molecular complexity index is 418. The van der Waals surface area contributed by atoms with Crippen LogP contribution in [0.25, 0.3) is 0 Å². The van der Waals surface area contributed by atoms with E-state index in [1.165, 1.54) is 12.1 Å². The van der Waals surface area contributed by atoms with Gasteiger partial charge in [0.2, 0.25) is 0 Å². The van der Waals surface area contributed by atoms with Gasteiger partial charge in [-0.1, -0.05) is 17.7 Å². The monoisotopic (exact) mass is 255 g/mol. The molecule has 0 aromatic heterocycles. The van der Waals surface area contributed by atoms with Gasteiger partial charge in [-0.2, -0.15) is 0 Å². The van der Waals surface area contributed by atoms with Gasteiger partial charge in [-0.15, -0.1) is 0 Å². The third-order valence-corrected chi connectivity index (χ3v) is 2.14. The Morgan fingerprint density at radius 1 is 1.59 bits per heavy atom. The maximum absolute atomic E-state index is 11.0. The molecular formula is C12H14ClNO3. The molecule has 0 heterocycles. The van der Waals surface area contributed by atoms with Gasteiger partial charge in [0.1, 0.15) is 5.75 Å². The Morgan fingerprint density at radius 3 is 3.06 bits per heavy atom. The Morgan fingerprint density at radius 2 is 2.35 bits per heavy atom. The first kappa shape index (κ1) is 13.4. The number of phenols is 1. The van der Waals surface area contributed by atoms with Gasteiger partial charge in [0, 0.05) is 17.6 Å². The van der Waals surface area contributed by atoms with Gasteiger partial charge in [-0.3, -0.25) is 0 Å². The molecule has 0 spiro atoms. The van der Waals surface area contributed by atoms with Gasteiger partial charge in [0.25, 0.3) is 0 Å². The van der Waals surface area contributed by atoms with Crippen LogP contribution in [0.5, 0.6) is 5.75 Å². The predicted molar refractivity (Wildman–Crippen MR) is 67.4 cm³/mol. The van der Waals surface area contributed by atoms with Crippen molar-refractivity contribution in [1.82, 2.24) is 0 Å². The summed E-state index contributed by atoms with van der Waals surface area (Å²) in [6.07, 6.45) is 2.94. The highest BCUT2D eigenvalue weighted by molar-refractivity contribution is 6.30. The van der Waals surface area contributed by atoms with E-state index < -0.39 is 0 Å². The highest BCUT2D eigenvalue weighted by Crippen LogP contribution is 2.26.